The van der Waals surface area contributed by atoms with E-state index in [4.69, 9.17) is 4.74 Å². The van der Waals surface area contributed by atoms with E-state index in [0.717, 1.165) is 30.5 Å². The lowest BCUT2D eigenvalue weighted by molar-refractivity contribution is 0.303. The first kappa shape index (κ1) is 30.5. The van der Waals surface area contributed by atoms with Gasteiger partial charge in [0, 0.05) is 5.56 Å². The Bertz CT molecular complexity index is 1250. The van der Waals surface area contributed by atoms with Crippen LogP contribution in [0.4, 0.5) is 0 Å². The van der Waals surface area contributed by atoms with Gasteiger partial charge in [0.15, 0.2) is 0 Å². The Hall–Kier alpha value is -3.41. The smallest absolute Gasteiger partial charge is 0.126 e. The molecule has 0 spiro atoms. The molecule has 0 N–H and O–H groups in total. The Morgan fingerprint density at radius 3 is 1.66 bits per heavy atom. The number of unbranched alkanes of at least 4 members (excludes halogenated alkanes) is 6. The first-order valence-electron chi connectivity index (χ1n) is 15.4. The Morgan fingerprint density at radius 2 is 1.10 bits per heavy atom. The minimum atomic E-state index is -1.88. The molecular formula is C39H46OP+. The van der Waals surface area contributed by atoms with Gasteiger partial charge in [-0.3, -0.25) is 0 Å². The molecule has 212 valence electrons. The number of hydrogen-bond acceptors (Lipinski definition) is 1. The zero-order valence-corrected chi connectivity index (χ0v) is 25.8. The summed E-state index contributed by atoms with van der Waals surface area (Å²) >= 11 is 0. The van der Waals surface area contributed by atoms with Crippen molar-refractivity contribution in [3.8, 4) is 5.75 Å². The molecule has 0 aliphatic carbocycles. The molecule has 0 aliphatic heterocycles. The van der Waals surface area contributed by atoms with Crippen LogP contribution in [0.1, 0.15) is 64.4 Å². The van der Waals surface area contributed by atoms with E-state index in [9.17, 15) is 0 Å². The first-order chi connectivity index (χ1) is 20.2. The van der Waals surface area contributed by atoms with Crippen LogP contribution in [0.25, 0.3) is 6.08 Å². The van der Waals surface area contributed by atoms with Gasteiger partial charge in [0.05, 0.1) is 12.8 Å². The number of benzene rings is 4. The monoisotopic (exact) mass is 561 g/mol. The third-order valence-corrected chi connectivity index (χ3v) is 12.0. The predicted molar refractivity (Wildman–Crippen MR) is 183 cm³/mol. The zero-order valence-electron chi connectivity index (χ0n) is 24.9. The van der Waals surface area contributed by atoms with Crippen molar-refractivity contribution in [3.05, 3.63) is 139 Å². The number of hydrogen-bond donors (Lipinski definition) is 0. The Morgan fingerprint density at radius 1 is 0.610 bits per heavy atom. The van der Waals surface area contributed by atoms with Crippen molar-refractivity contribution in [2.45, 2.75) is 58.8 Å². The number of rotatable bonds is 16. The van der Waals surface area contributed by atoms with Gasteiger partial charge in [-0.2, -0.15) is 0 Å². The molecule has 0 radical (unpaired) electrons. The second-order valence-electron chi connectivity index (χ2n) is 10.8. The molecule has 0 unspecified atom stereocenters. The van der Waals surface area contributed by atoms with Crippen LogP contribution in [0, 0.1) is 0 Å². The van der Waals surface area contributed by atoms with Crippen LogP contribution in [-0.4, -0.2) is 12.8 Å². The first-order valence-corrected chi connectivity index (χ1v) is 17.3. The van der Waals surface area contributed by atoms with Gasteiger partial charge in [-0.1, -0.05) is 136 Å². The van der Waals surface area contributed by atoms with Gasteiger partial charge in [0.2, 0.25) is 0 Å². The van der Waals surface area contributed by atoms with Crippen molar-refractivity contribution in [1.29, 1.82) is 0 Å². The maximum atomic E-state index is 6.22. The van der Waals surface area contributed by atoms with Crippen LogP contribution in [-0.2, 0) is 0 Å². The molecule has 0 saturated carbocycles. The van der Waals surface area contributed by atoms with Crippen molar-refractivity contribution in [3.63, 3.8) is 0 Å². The molecule has 0 amide bonds. The number of para-hydroxylation sites is 1. The van der Waals surface area contributed by atoms with Gasteiger partial charge >= 0.3 is 0 Å². The fourth-order valence-electron chi connectivity index (χ4n) is 5.37. The minimum absolute atomic E-state index is 0.783. The summed E-state index contributed by atoms with van der Waals surface area (Å²) in [6, 6.07) is 41.7. The topological polar surface area (TPSA) is 9.23 Å². The Kier molecular flexibility index (Phi) is 12.5. The molecule has 0 fully saturated rings. The summed E-state index contributed by atoms with van der Waals surface area (Å²) in [6.45, 7) is 5.27. The molecule has 0 aliphatic rings. The van der Waals surface area contributed by atoms with E-state index in [-0.39, 0.29) is 0 Å². The highest BCUT2D eigenvalue weighted by Gasteiger charge is 2.44. The van der Waals surface area contributed by atoms with E-state index < -0.39 is 7.26 Å². The SMILES string of the molecule is CCCCCCCCCOc1ccccc1C=C/C(C)=C/C[P+](c1ccccc1)(c1ccccc1)c1ccccc1. The molecule has 0 heterocycles. The van der Waals surface area contributed by atoms with Crippen LogP contribution >= 0.6 is 7.26 Å². The lowest BCUT2D eigenvalue weighted by Gasteiger charge is -2.26. The number of ether oxygens (including phenoxy) is 1. The van der Waals surface area contributed by atoms with Gasteiger partial charge in [-0.05, 0) is 61.9 Å². The van der Waals surface area contributed by atoms with Crippen molar-refractivity contribution >= 4 is 29.3 Å². The highest BCUT2D eigenvalue weighted by Crippen LogP contribution is 2.55. The second kappa shape index (κ2) is 16.8. The van der Waals surface area contributed by atoms with Crippen LogP contribution in [0.5, 0.6) is 5.75 Å². The van der Waals surface area contributed by atoms with Crippen LogP contribution < -0.4 is 20.7 Å². The summed E-state index contributed by atoms with van der Waals surface area (Å²) in [4.78, 5) is 0. The van der Waals surface area contributed by atoms with Gasteiger partial charge < -0.3 is 4.74 Å². The summed E-state index contributed by atoms with van der Waals surface area (Å²) in [5.41, 5.74) is 2.40. The lowest BCUT2D eigenvalue weighted by Crippen LogP contribution is -2.33. The second-order valence-corrected chi connectivity index (χ2v) is 14.3. The molecule has 4 aromatic rings. The van der Waals surface area contributed by atoms with Gasteiger partial charge in [-0.15, -0.1) is 0 Å². The molecule has 0 aromatic heterocycles. The molecule has 2 heteroatoms. The maximum Gasteiger partial charge on any atom is 0.126 e. The average molecular weight is 562 g/mol. The van der Waals surface area contributed by atoms with E-state index in [2.05, 4.69) is 147 Å². The molecular weight excluding hydrogens is 515 g/mol. The fourth-order valence-corrected chi connectivity index (χ4v) is 9.50. The van der Waals surface area contributed by atoms with E-state index >= 15 is 0 Å². The number of allylic oxidation sites excluding steroid dienone is 3. The Balaban J connectivity index is 1.51. The normalized spacial score (nSPS) is 12.1. The van der Waals surface area contributed by atoms with E-state index in [1.807, 2.05) is 0 Å². The zero-order chi connectivity index (χ0) is 28.6. The molecule has 0 bridgehead atoms. The molecule has 4 aromatic carbocycles. The van der Waals surface area contributed by atoms with Crippen molar-refractivity contribution in [2.75, 3.05) is 12.8 Å². The van der Waals surface area contributed by atoms with E-state index in [0.29, 0.717) is 0 Å². The Labute approximate surface area is 249 Å². The van der Waals surface area contributed by atoms with Crippen molar-refractivity contribution < 1.29 is 4.74 Å². The van der Waals surface area contributed by atoms with Crippen LogP contribution in [0.3, 0.4) is 0 Å². The summed E-state index contributed by atoms with van der Waals surface area (Å²) < 4.78 is 6.22. The molecule has 0 atom stereocenters. The lowest BCUT2D eigenvalue weighted by atomic mass is 10.1. The minimum Gasteiger partial charge on any atom is -0.493 e. The summed E-state index contributed by atoms with van der Waals surface area (Å²) in [6.07, 6.45) is 16.9. The predicted octanol–water partition coefficient (Wildman–Crippen LogP) is 9.77. The quantitative estimate of drug-likeness (QED) is 0.0751. The third-order valence-electron chi connectivity index (χ3n) is 7.73. The molecule has 4 rings (SSSR count). The van der Waals surface area contributed by atoms with Crippen LogP contribution in [0.15, 0.2) is 133 Å². The standard InChI is InChI=1S/C39H46OP/c1-3-4-5-6-7-8-20-32-40-39-28-19-18-21-35(39)30-29-34(2)31-33-41(36-22-12-9-13-23-36,37-24-14-10-15-25-37)38-26-16-11-17-27-38/h9-19,21-31H,3-8,20,32-33H2,1-2H3/q+1/b30-29?,34-31+. The summed E-state index contributed by atoms with van der Waals surface area (Å²) in [7, 11) is -1.88. The fraction of sp³-hybridized carbons (Fsp3) is 0.282. The van der Waals surface area contributed by atoms with Gasteiger partial charge in [-0.25, -0.2) is 0 Å². The molecule has 0 saturated heterocycles. The largest absolute Gasteiger partial charge is 0.493 e. The average Bonchev–Trinajstić information content (AvgIpc) is 3.03. The third kappa shape index (κ3) is 8.79. The van der Waals surface area contributed by atoms with Crippen LogP contribution in [0.2, 0.25) is 0 Å². The maximum absolute atomic E-state index is 6.22. The van der Waals surface area contributed by atoms with Crippen molar-refractivity contribution in [1.82, 2.24) is 0 Å². The van der Waals surface area contributed by atoms with E-state index in [1.54, 1.807) is 0 Å². The highest BCUT2D eigenvalue weighted by atomic mass is 31.2. The van der Waals surface area contributed by atoms with Crippen molar-refractivity contribution in [2.24, 2.45) is 0 Å². The molecule has 1 nitrogen and oxygen atoms in total. The summed E-state index contributed by atoms with van der Waals surface area (Å²) in [5, 5.41) is 4.23. The molecule has 41 heavy (non-hydrogen) atoms. The van der Waals surface area contributed by atoms with Gasteiger partial charge in [0.1, 0.15) is 28.9 Å². The van der Waals surface area contributed by atoms with E-state index in [1.165, 1.54) is 60.0 Å². The summed E-state index contributed by atoms with van der Waals surface area (Å²) in [5.74, 6) is 0.974. The highest BCUT2D eigenvalue weighted by molar-refractivity contribution is 7.95. The van der Waals surface area contributed by atoms with Gasteiger partial charge in [0.25, 0.3) is 0 Å².